The molecule has 5 nitrogen and oxygen atoms in total. The molecular formula is C6H9N3O2S. The van der Waals surface area contributed by atoms with Crippen LogP contribution >= 0.6 is 11.3 Å². The van der Waals surface area contributed by atoms with Crippen molar-refractivity contribution in [3.8, 4) is 0 Å². The third kappa shape index (κ3) is 1.72. The minimum Gasteiger partial charge on any atom is -0.375 e. The Hall–Kier alpha value is -1.14. The van der Waals surface area contributed by atoms with E-state index in [1.165, 1.54) is 7.11 Å². The molecule has 0 aliphatic heterocycles. The zero-order valence-corrected chi connectivity index (χ0v) is 7.57. The van der Waals surface area contributed by atoms with Gasteiger partial charge in [0.15, 0.2) is 5.13 Å². The Morgan fingerprint density at radius 3 is 2.83 bits per heavy atom. The monoisotopic (exact) mass is 187 g/mol. The van der Waals surface area contributed by atoms with Gasteiger partial charge >= 0.3 is 0 Å². The number of hydroxylamine groups is 1. The van der Waals surface area contributed by atoms with Gasteiger partial charge in [0.25, 0.3) is 5.91 Å². The maximum Gasteiger partial charge on any atom is 0.286 e. The van der Waals surface area contributed by atoms with Gasteiger partial charge in [0.1, 0.15) is 4.88 Å². The van der Waals surface area contributed by atoms with Gasteiger partial charge in [-0.25, -0.2) is 10.5 Å². The molecule has 0 spiro atoms. The molecule has 1 heterocycles. The number of rotatable bonds is 2. The summed E-state index contributed by atoms with van der Waals surface area (Å²) in [6.07, 6.45) is 0. The van der Waals surface area contributed by atoms with E-state index in [1.807, 2.05) is 0 Å². The second-order valence-electron chi connectivity index (χ2n) is 2.10. The molecule has 1 amide bonds. The number of amides is 1. The molecule has 0 radical (unpaired) electrons. The molecule has 0 saturated carbocycles. The third-order valence-corrected chi connectivity index (χ3v) is 2.20. The fourth-order valence-electron chi connectivity index (χ4n) is 0.767. The summed E-state index contributed by atoms with van der Waals surface area (Å²) in [5, 5.41) is 0.383. The predicted molar refractivity (Wildman–Crippen MR) is 45.7 cm³/mol. The summed E-state index contributed by atoms with van der Waals surface area (Å²) in [6.45, 7) is 1.72. The number of hydrogen-bond donors (Lipinski definition) is 2. The van der Waals surface area contributed by atoms with E-state index in [0.29, 0.717) is 15.7 Å². The highest BCUT2D eigenvalue weighted by atomic mass is 32.1. The van der Waals surface area contributed by atoms with Crippen LogP contribution in [0.1, 0.15) is 15.4 Å². The summed E-state index contributed by atoms with van der Waals surface area (Å²) < 4.78 is 0. The molecule has 0 aliphatic rings. The van der Waals surface area contributed by atoms with Gasteiger partial charge in [-0.2, -0.15) is 0 Å². The highest BCUT2D eigenvalue weighted by Gasteiger charge is 2.13. The summed E-state index contributed by atoms with van der Waals surface area (Å²) in [6, 6.07) is 0. The van der Waals surface area contributed by atoms with Crippen molar-refractivity contribution in [2.24, 2.45) is 0 Å². The fourth-order valence-corrected chi connectivity index (χ4v) is 1.49. The molecule has 0 saturated heterocycles. The first-order chi connectivity index (χ1) is 5.65. The van der Waals surface area contributed by atoms with E-state index in [0.717, 1.165) is 11.3 Å². The van der Waals surface area contributed by atoms with E-state index in [4.69, 9.17) is 5.73 Å². The van der Waals surface area contributed by atoms with Crippen LogP contribution in [0.5, 0.6) is 0 Å². The SMILES string of the molecule is CONC(=O)c1sc(N)nc1C. The van der Waals surface area contributed by atoms with E-state index in [-0.39, 0.29) is 5.91 Å². The average Bonchev–Trinajstić information content (AvgIpc) is 2.30. The number of thiazole rings is 1. The second-order valence-corrected chi connectivity index (χ2v) is 3.13. The van der Waals surface area contributed by atoms with Crippen molar-refractivity contribution in [2.75, 3.05) is 12.8 Å². The number of anilines is 1. The van der Waals surface area contributed by atoms with Gasteiger partial charge in [0, 0.05) is 0 Å². The quantitative estimate of drug-likeness (QED) is 0.654. The van der Waals surface area contributed by atoms with Crippen molar-refractivity contribution in [3.63, 3.8) is 0 Å². The highest BCUT2D eigenvalue weighted by Crippen LogP contribution is 2.18. The minimum absolute atomic E-state index is 0.316. The zero-order valence-electron chi connectivity index (χ0n) is 6.75. The van der Waals surface area contributed by atoms with Gasteiger partial charge in [-0.1, -0.05) is 11.3 Å². The summed E-state index contributed by atoms with van der Waals surface area (Å²) in [5.74, 6) is -0.316. The van der Waals surface area contributed by atoms with Crippen LogP contribution < -0.4 is 11.2 Å². The van der Waals surface area contributed by atoms with Crippen molar-refractivity contribution in [1.29, 1.82) is 0 Å². The first kappa shape index (κ1) is 8.95. The van der Waals surface area contributed by atoms with Crippen molar-refractivity contribution >= 4 is 22.4 Å². The molecule has 3 N–H and O–H groups in total. The van der Waals surface area contributed by atoms with Gasteiger partial charge in [0.2, 0.25) is 0 Å². The number of nitrogens with one attached hydrogen (secondary N) is 1. The molecule has 0 atom stereocenters. The van der Waals surface area contributed by atoms with Gasteiger partial charge in [-0.3, -0.25) is 9.63 Å². The molecule has 1 rings (SSSR count). The molecule has 0 unspecified atom stereocenters. The lowest BCUT2D eigenvalue weighted by atomic mass is 10.4. The number of carbonyl (C=O) groups is 1. The first-order valence-corrected chi connectivity index (χ1v) is 4.03. The number of nitrogens with zero attached hydrogens (tertiary/aromatic N) is 1. The molecule has 66 valence electrons. The molecule has 0 bridgehead atoms. The highest BCUT2D eigenvalue weighted by molar-refractivity contribution is 7.17. The van der Waals surface area contributed by atoms with Crippen molar-refractivity contribution in [2.45, 2.75) is 6.92 Å². The smallest absolute Gasteiger partial charge is 0.286 e. The Labute approximate surface area is 73.5 Å². The molecule has 0 aliphatic carbocycles. The maximum atomic E-state index is 11.2. The lowest BCUT2D eigenvalue weighted by Gasteiger charge is -1.97. The zero-order chi connectivity index (χ0) is 9.14. The topological polar surface area (TPSA) is 77.2 Å². The Bertz CT molecular complexity index is 297. The standard InChI is InChI=1S/C6H9N3O2S/c1-3-4(5(10)9-11-2)12-6(7)8-3/h1-2H3,(H2,7,8)(H,9,10). The normalized spacial score (nSPS) is 9.83. The van der Waals surface area contributed by atoms with Crippen molar-refractivity contribution < 1.29 is 9.63 Å². The summed E-state index contributed by atoms with van der Waals surface area (Å²) >= 11 is 1.14. The first-order valence-electron chi connectivity index (χ1n) is 3.21. The number of hydrogen-bond acceptors (Lipinski definition) is 5. The number of nitrogen functional groups attached to an aromatic ring is 1. The van der Waals surface area contributed by atoms with Gasteiger partial charge in [-0.05, 0) is 6.92 Å². The molecule has 12 heavy (non-hydrogen) atoms. The molecular weight excluding hydrogens is 178 g/mol. The largest absolute Gasteiger partial charge is 0.375 e. The maximum absolute atomic E-state index is 11.2. The van der Waals surface area contributed by atoms with Crippen LogP contribution in [-0.4, -0.2) is 18.0 Å². The minimum atomic E-state index is -0.316. The lowest BCUT2D eigenvalue weighted by Crippen LogP contribution is -2.21. The summed E-state index contributed by atoms with van der Waals surface area (Å²) in [4.78, 5) is 20.0. The van der Waals surface area contributed by atoms with E-state index >= 15 is 0 Å². The van der Waals surface area contributed by atoms with Crippen LogP contribution in [0.15, 0.2) is 0 Å². The van der Waals surface area contributed by atoms with E-state index in [2.05, 4.69) is 15.3 Å². The van der Waals surface area contributed by atoms with Gasteiger partial charge < -0.3 is 5.73 Å². The van der Waals surface area contributed by atoms with Crippen LogP contribution in [0, 0.1) is 6.92 Å². The van der Waals surface area contributed by atoms with Gasteiger partial charge in [-0.15, -0.1) is 0 Å². The van der Waals surface area contributed by atoms with E-state index in [1.54, 1.807) is 6.92 Å². The van der Waals surface area contributed by atoms with Crippen LogP contribution in [0.4, 0.5) is 5.13 Å². The Morgan fingerprint density at radius 1 is 1.75 bits per heavy atom. The summed E-state index contributed by atoms with van der Waals surface area (Å²) in [5.41, 5.74) is 8.21. The Balaban J connectivity index is 2.87. The molecule has 1 aromatic heterocycles. The molecule has 6 heteroatoms. The number of aryl methyl sites for hydroxylation is 1. The molecule has 0 aromatic carbocycles. The second kappa shape index (κ2) is 3.51. The van der Waals surface area contributed by atoms with Crippen LogP contribution in [0.3, 0.4) is 0 Å². The number of aromatic nitrogens is 1. The van der Waals surface area contributed by atoms with Crippen LogP contribution in [0.2, 0.25) is 0 Å². The Kier molecular flexibility index (Phi) is 2.61. The lowest BCUT2D eigenvalue weighted by molar-refractivity contribution is 0.0541. The number of carbonyl (C=O) groups excluding carboxylic acids is 1. The molecule has 0 fully saturated rings. The summed E-state index contributed by atoms with van der Waals surface area (Å²) in [7, 11) is 1.37. The molecule has 1 aromatic rings. The van der Waals surface area contributed by atoms with E-state index in [9.17, 15) is 4.79 Å². The number of nitrogens with two attached hydrogens (primary N) is 1. The van der Waals surface area contributed by atoms with Crippen molar-refractivity contribution in [3.05, 3.63) is 10.6 Å². The predicted octanol–water partition coefficient (Wildman–Crippen LogP) is 0.325. The Morgan fingerprint density at radius 2 is 2.42 bits per heavy atom. The van der Waals surface area contributed by atoms with Crippen LogP contribution in [0.25, 0.3) is 0 Å². The third-order valence-electron chi connectivity index (χ3n) is 1.21. The van der Waals surface area contributed by atoms with Gasteiger partial charge in [0.05, 0.1) is 12.8 Å². The van der Waals surface area contributed by atoms with Crippen LogP contribution in [-0.2, 0) is 4.84 Å². The van der Waals surface area contributed by atoms with Crippen molar-refractivity contribution in [1.82, 2.24) is 10.5 Å². The van der Waals surface area contributed by atoms with E-state index < -0.39 is 0 Å². The average molecular weight is 187 g/mol. The fraction of sp³-hybridized carbons (Fsp3) is 0.333.